The van der Waals surface area contributed by atoms with Crippen LogP contribution in [0.4, 0.5) is 9.52 Å². The zero-order valence-corrected chi connectivity index (χ0v) is 18.6. The number of hydrogen-bond acceptors (Lipinski definition) is 8. The van der Waals surface area contributed by atoms with Gasteiger partial charge >= 0.3 is 0 Å². The fourth-order valence-corrected chi connectivity index (χ4v) is 3.89. The Bertz CT molecular complexity index is 1140. The van der Waals surface area contributed by atoms with Crippen molar-refractivity contribution in [1.29, 1.82) is 0 Å². The lowest BCUT2D eigenvalue weighted by Crippen LogP contribution is -2.36. The molecule has 0 unspecified atom stereocenters. The summed E-state index contributed by atoms with van der Waals surface area (Å²) in [6.07, 6.45) is 0.0512. The van der Waals surface area contributed by atoms with E-state index in [1.165, 1.54) is 47.6 Å². The highest BCUT2D eigenvalue weighted by molar-refractivity contribution is 7.18. The Morgan fingerprint density at radius 1 is 1.12 bits per heavy atom. The molecule has 33 heavy (non-hydrogen) atoms. The Morgan fingerprint density at radius 3 is 2.70 bits per heavy atom. The number of carbonyl (C=O) groups excluding carboxylic acids is 2. The Labute approximate surface area is 193 Å². The smallest absolute Gasteiger partial charge is 0.253 e. The Morgan fingerprint density at radius 2 is 1.91 bits per heavy atom. The Balaban J connectivity index is 1.35. The van der Waals surface area contributed by atoms with Gasteiger partial charge in [-0.15, -0.1) is 10.2 Å². The van der Waals surface area contributed by atoms with Crippen LogP contribution in [0.1, 0.15) is 16.8 Å². The van der Waals surface area contributed by atoms with Crippen molar-refractivity contribution in [2.24, 2.45) is 0 Å². The van der Waals surface area contributed by atoms with Crippen molar-refractivity contribution >= 4 is 28.3 Å². The first-order valence-electron chi connectivity index (χ1n) is 10.1. The summed E-state index contributed by atoms with van der Waals surface area (Å²) in [4.78, 5) is 26.7. The molecule has 2 amide bonds. The molecule has 1 aromatic heterocycles. The lowest BCUT2D eigenvalue weighted by molar-refractivity contribution is -0.116. The minimum absolute atomic E-state index is 0.0512. The molecule has 3 aromatic rings. The molecular weight excluding hydrogens is 451 g/mol. The molecule has 11 heteroatoms. The highest BCUT2D eigenvalue weighted by Crippen LogP contribution is 2.37. The van der Waals surface area contributed by atoms with E-state index < -0.39 is 5.82 Å². The fraction of sp³-hybridized carbons (Fsp3) is 0.273. The van der Waals surface area contributed by atoms with Crippen LogP contribution in [-0.2, 0) is 9.53 Å². The summed E-state index contributed by atoms with van der Waals surface area (Å²) in [6.45, 7) is 0.956. The van der Waals surface area contributed by atoms with Crippen molar-refractivity contribution in [2.75, 3.05) is 38.9 Å². The van der Waals surface area contributed by atoms with E-state index in [1.54, 1.807) is 6.07 Å². The minimum Gasteiger partial charge on any atom is -0.454 e. The third-order valence-corrected chi connectivity index (χ3v) is 5.73. The molecule has 0 bridgehead atoms. The van der Waals surface area contributed by atoms with E-state index >= 15 is 0 Å². The van der Waals surface area contributed by atoms with Gasteiger partial charge in [0.05, 0.1) is 6.61 Å². The van der Waals surface area contributed by atoms with Gasteiger partial charge in [-0.1, -0.05) is 11.3 Å². The van der Waals surface area contributed by atoms with Gasteiger partial charge in [0.2, 0.25) is 17.8 Å². The molecule has 0 spiro atoms. The van der Waals surface area contributed by atoms with Crippen LogP contribution in [0.2, 0.25) is 0 Å². The van der Waals surface area contributed by atoms with Gasteiger partial charge in [0.15, 0.2) is 11.5 Å². The van der Waals surface area contributed by atoms with Gasteiger partial charge in [0.25, 0.3) is 5.91 Å². The van der Waals surface area contributed by atoms with E-state index in [1.807, 2.05) is 12.1 Å². The van der Waals surface area contributed by atoms with Crippen molar-refractivity contribution in [2.45, 2.75) is 6.42 Å². The fourth-order valence-electron chi connectivity index (χ4n) is 3.13. The number of carbonyl (C=O) groups is 2. The monoisotopic (exact) mass is 472 g/mol. The molecule has 0 saturated heterocycles. The number of nitrogens with one attached hydrogen (secondary N) is 1. The summed E-state index contributed by atoms with van der Waals surface area (Å²) in [5, 5.41) is 11.8. The predicted molar refractivity (Wildman–Crippen MR) is 119 cm³/mol. The third kappa shape index (κ3) is 5.62. The van der Waals surface area contributed by atoms with Crippen LogP contribution in [-0.4, -0.2) is 60.5 Å². The maximum Gasteiger partial charge on any atom is 0.253 e. The maximum atomic E-state index is 13.2. The molecule has 1 aliphatic heterocycles. The first-order valence-corrected chi connectivity index (χ1v) is 10.9. The molecule has 1 N–H and O–H groups in total. The number of aromatic nitrogens is 2. The first-order chi connectivity index (χ1) is 16.0. The zero-order chi connectivity index (χ0) is 23.2. The normalized spacial score (nSPS) is 11.9. The number of nitrogens with zero attached hydrogens (tertiary/aromatic N) is 3. The lowest BCUT2D eigenvalue weighted by atomic mass is 10.2. The zero-order valence-electron chi connectivity index (χ0n) is 17.7. The molecule has 0 aliphatic carbocycles. The average molecular weight is 472 g/mol. The second-order valence-corrected chi connectivity index (χ2v) is 8.05. The molecule has 9 nitrogen and oxygen atoms in total. The summed E-state index contributed by atoms with van der Waals surface area (Å²) in [5.74, 6) is 0.269. The number of benzene rings is 2. The van der Waals surface area contributed by atoms with Crippen LogP contribution in [0.25, 0.3) is 10.6 Å². The second-order valence-electron chi connectivity index (χ2n) is 7.07. The number of methoxy groups -OCH3 is 1. The van der Waals surface area contributed by atoms with Crippen LogP contribution < -0.4 is 14.8 Å². The number of anilines is 1. The first kappa shape index (κ1) is 22.6. The molecule has 172 valence electrons. The number of amides is 2. The summed E-state index contributed by atoms with van der Waals surface area (Å²) in [7, 11) is 1.53. The van der Waals surface area contributed by atoms with E-state index in [0.29, 0.717) is 40.4 Å². The molecule has 0 fully saturated rings. The number of halogens is 1. The SMILES string of the molecule is COCCN(CCC(=O)Nc1nnc(-c2ccc3c(c2)OCO3)s1)C(=O)c1ccc(F)cc1. The number of rotatable bonds is 9. The van der Waals surface area contributed by atoms with E-state index in [0.717, 1.165) is 5.56 Å². The van der Waals surface area contributed by atoms with Crippen molar-refractivity contribution in [3.63, 3.8) is 0 Å². The molecular formula is C22H21FN4O5S. The highest BCUT2D eigenvalue weighted by Gasteiger charge is 2.19. The van der Waals surface area contributed by atoms with Gasteiger partial charge in [-0.25, -0.2) is 4.39 Å². The average Bonchev–Trinajstić information content (AvgIpc) is 3.48. The molecule has 2 aromatic carbocycles. The summed E-state index contributed by atoms with van der Waals surface area (Å²) in [6, 6.07) is 10.7. The van der Waals surface area contributed by atoms with Gasteiger partial charge in [-0.3, -0.25) is 9.59 Å². The van der Waals surface area contributed by atoms with E-state index in [9.17, 15) is 14.0 Å². The van der Waals surface area contributed by atoms with Crippen molar-refractivity contribution in [3.8, 4) is 22.1 Å². The maximum absolute atomic E-state index is 13.2. The quantitative estimate of drug-likeness (QED) is 0.510. The molecule has 0 saturated carbocycles. The van der Waals surface area contributed by atoms with Crippen molar-refractivity contribution in [3.05, 3.63) is 53.8 Å². The third-order valence-electron chi connectivity index (χ3n) is 4.84. The molecule has 0 radical (unpaired) electrons. The standard InChI is InChI=1S/C22H21FN4O5S/c1-30-11-10-27(21(29)14-2-5-16(23)6-3-14)9-8-19(28)24-22-26-25-20(33-22)15-4-7-17-18(12-15)32-13-31-17/h2-7,12H,8-11,13H2,1H3,(H,24,26,28). The van der Waals surface area contributed by atoms with Crippen molar-refractivity contribution in [1.82, 2.24) is 15.1 Å². The summed E-state index contributed by atoms with van der Waals surface area (Å²) in [5.41, 5.74) is 1.14. The lowest BCUT2D eigenvalue weighted by Gasteiger charge is -2.22. The van der Waals surface area contributed by atoms with Gasteiger partial charge in [-0.05, 0) is 42.5 Å². The number of fused-ring (bicyclic) bond motifs is 1. The predicted octanol–water partition coefficient (Wildman–Crippen LogP) is 3.19. The summed E-state index contributed by atoms with van der Waals surface area (Å²) < 4.78 is 28.9. The van der Waals surface area contributed by atoms with Gasteiger partial charge in [0.1, 0.15) is 10.8 Å². The number of hydrogen-bond donors (Lipinski definition) is 1. The highest BCUT2D eigenvalue weighted by atomic mass is 32.1. The molecule has 0 atom stereocenters. The number of ether oxygens (including phenoxy) is 3. The van der Waals surface area contributed by atoms with Crippen LogP contribution >= 0.6 is 11.3 Å². The van der Waals surface area contributed by atoms with E-state index in [4.69, 9.17) is 14.2 Å². The van der Waals surface area contributed by atoms with Crippen LogP contribution in [0, 0.1) is 5.82 Å². The van der Waals surface area contributed by atoms with Crippen LogP contribution in [0.15, 0.2) is 42.5 Å². The molecule has 4 rings (SSSR count). The molecule has 2 heterocycles. The van der Waals surface area contributed by atoms with E-state index in [2.05, 4.69) is 15.5 Å². The Kier molecular flexibility index (Phi) is 7.10. The molecule has 1 aliphatic rings. The Hall–Kier alpha value is -3.57. The topological polar surface area (TPSA) is 103 Å². The minimum atomic E-state index is -0.424. The second kappa shape index (κ2) is 10.4. The van der Waals surface area contributed by atoms with Crippen molar-refractivity contribution < 1.29 is 28.2 Å². The van der Waals surface area contributed by atoms with Gasteiger partial charge in [-0.2, -0.15) is 0 Å². The van der Waals surface area contributed by atoms with Gasteiger partial charge < -0.3 is 24.4 Å². The van der Waals surface area contributed by atoms with Crippen LogP contribution in [0.3, 0.4) is 0 Å². The summed E-state index contributed by atoms with van der Waals surface area (Å²) >= 11 is 1.23. The van der Waals surface area contributed by atoms with Gasteiger partial charge in [0, 0.05) is 37.7 Å². The van der Waals surface area contributed by atoms with Crippen LogP contribution in [0.5, 0.6) is 11.5 Å². The largest absolute Gasteiger partial charge is 0.454 e. The van der Waals surface area contributed by atoms with E-state index in [-0.39, 0.29) is 31.6 Å².